The fourth-order valence-electron chi connectivity index (χ4n) is 5.90. The number of hydrogen-bond donors (Lipinski definition) is 1. The van der Waals surface area contributed by atoms with Crippen molar-refractivity contribution in [2.45, 2.75) is 63.9 Å². The van der Waals surface area contributed by atoms with Crippen LogP contribution in [0.25, 0.3) is 0 Å². The van der Waals surface area contributed by atoms with Gasteiger partial charge < -0.3 is 9.84 Å². The molecule has 0 heterocycles. The van der Waals surface area contributed by atoms with Crippen LogP contribution in [0, 0.1) is 29.6 Å². The van der Waals surface area contributed by atoms with Gasteiger partial charge in [-0.3, -0.25) is 0 Å². The van der Waals surface area contributed by atoms with Gasteiger partial charge in [-0.1, -0.05) is 38.3 Å². The van der Waals surface area contributed by atoms with Gasteiger partial charge >= 0.3 is 0 Å². The zero-order valence-electron chi connectivity index (χ0n) is 15.2. The van der Waals surface area contributed by atoms with Crippen LogP contribution in [0.2, 0.25) is 0 Å². The van der Waals surface area contributed by atoms with Crippen molar-refractivity contribution in [1.29, 1.82) is 0 Å². The summed E-state index contributed by atoms with van der Waals surface area (Å²) < 4.78 is 5.30. The second kappa shape index (κ2) is 6.45. The predicted octanol–water partition coefficient (Wildman–Crippen LogP) is 4.77. The summed E-state index contributed by atoms with van der Waals surface area (Å²) in [6.07, 6.45) is 11.9. The quantitative estimate of drug-likeness (QED) is 0.808. The Morgan fingerprint density at radius 3 is 2.46 bits per heavy atom. The Balaban J connectivity index is 1.94. The van der Waals surface area contributed by atoms with Crippen LogP contribution >= 0.6 is 0 Å². The van der Waals surface area contributed by atoms with Crippen LogP contribution in [-0.4, -0.2) is 17.8 Å². The molecule has 24 heavy (non-hydrogen) atoms. The van der Waals surface area contributed by atoms with Crippen LogP contribution in [0.15, 0.2) is 24.3 Å². The maximum atomic E-state index is 11.1. The molecule has 0 radical (unpaired) electrons. The minimum atomic E-state index is -0.912. The van der Waals surface area contributed by atoms with Crippen LogP contribution in [0.4, 0.5) is 0 Å². The molecular formula is C22H30O2. The molecule has 0 unspecified atom stereocenters. The number of aliphatic hydroxyl groups is 1. The summed E-state index contributed by atoms with van der Waals surface area (Å²) in [6, 6.07) is 8.56. The van der Waals surface area contributed by atoms with Gasteiger partial charge in [0, 0.05) is 5.41 Å². The fourth-order valence-corrected chi connectivity index (χ4v) is 5.90. The first-order valence-corrected chi connectivity index (χ1v) is 9.39. The van der Waals surface area contributed by atoms with Crippen LogP contribution < -0.4 is 4.74 Å². The smallest absolute Gasteiger partial charge is 0.131 e. The maximum absolute atomic E-state index is 11.1. The number of fused-ring (bicyclic) bond motifs is 1. The Labute approximate surface area is 146 Å². The van der Waals surface area contributed by atoms with Crippen molar-refractivity contribution in [3.05, 3.63) is 29.8 Å². The molecule has 2 fully saturated rings. The van der Waals surface area contributed by atoms with Crippen molar-refractivity contribution in [3.63, 3.8) is 0 Å². The second-order valence-corrected chi connectivity index (χ2v) is 7.65. The number of ether oxygens (including phenoxy) is 1. The highest BCUT2D eigenvalue weighted by Crippen LogP contribution is 2.64. The molecule has 2 heteroatoms. The van der Waals surface area contributed by atoms with E-state index in [0.29, 0.717) is 17.8 Å². The average Bonchev–Trinajstić information content (AvgIpc) is 2.95. The molecule has 5 atom stereocenters. The normalized spacial score (nSPS) is 38.4. The molecule has 1 N–H and O–H groups in total. The molecule has 0 amide bonds. The van der Waals surface area contributed by atoms with Crippen LogP contribution in [0.3, 0.4) is 0 Å². The van der Waals surface area contributed by atoms with Gasteiger partial charge in [-0.15, -0.1) is 6.42 Å². The van der Waals surface area contributed by atoms with Crippen molar-refractivity contribution in [1.82, 2.24) is 0 Å². The minimum absolute atomic E-state index is 0.0919. The molecule has 0 bridgehead atoms. The molecule has 2 saturated carbocycles. The van der Waals surface area contributed by atoms with Gasteiger partial charge in [0.05, 0.1) is 7.11 Å². The summed E-state index contributed by atoms with van der Waals surface area (Å²) in [5.41, 5.74) is 0.402. The molecule has 2 aliphatic carbocycles. The van der Waals surface area contributed by atoms with Crippen molar-refractivity contribution < 1.29 is 9.84 Å². The Bertz CT molecular complexity index is 614. The van der Waals surface area contributed by atoms with E-state index < -0.39 is 5.60 Å². The molecular weight excluding hydrogens is 296 g/mol. The first-order chi connectivity index (χ1) is 11.5. The number of methoxy groups -OCH3 is 1. The van der Waals surface area contributed by atoms with E-state index in [-0.39, 0.29) is 5.41 Å². The summed E-state index contributed by atoms with van der Waals surface area (Å²) in [4.78, 5) is 0. The molecule has 0 aromatic heterocycles. The third kappa shape index (κ3) is 2.37. The average molecular weight is 326 g/mol. The molecule has 2 aliphatic rings. The minimum Gasteiger partial charge on any atom is -0.497 e. The summed E-state index contributed by atoms with van der Waals surface area (Å²) in [5, 5.41) is 11.1. The molecule has 0 saturated heterocycles. The topological polar surface area (TPSA) is 29.5 Å². The lowest BCUT2D eigenvalue weighted by molar-refractivity contribution is -0.0779. The van der Waals surface area contributed by atoms with Gasteiger partial charge in [0.25, 0.3) is 0 Å². The van der Waals surface area contributed by atoms with Crippen molar-refractivity contribution >= 4 is 0 Å². The van der Waals surface area contributed by atoms with E-state index in [0.717, 1.165) is 44.3 Å². The molecule has 130 valence electrons. The van der Waals surface area contributed by atoms with Gasteiger partial charge in [-0.05, 0) is 67.6 Å². The highest BCUT2D eigenvalue weighted by atomic mass is 16.5. The third-order valence-corrected chi connectivity index (χ3v) is 7.17. The van der Waals surface area contributed by atoms with Crippen molar-refractivity contribution in [2.75, 3.05) is 7.11 Å². The van der Waals surface area contributed by atoms with Gasteiger partial charge in [0.1, 0.15) is 11.4 Å². The van der Waals surface area contributed by atoms with E-state index in [1.165, 1.54) is 5.56 Å². The molecule has 1 aromatic rings. The lowest BCUT2D eigenvalue weighted by atomic mass is 9.53. The summed E-state index contributed by atoms with van der Waals surface area (Å²) in [7, 11) is 1.71. The second-order valence-electron chi connectivity index (χ2n) is 7.65. The first-order valence-electron chi connectivity index (χ1n) is 9.39. The van der Waals surface area contributed by atoms with Crippen LogP contribution in [0.1, 0.15) is 63.9 Å². The molecule has 0 spiro atoms. The fraction of sp³-hybridized carbons (Fsp3) is 0.636. The Morgan fingerprint density at radius 1 is 1.21 bits per heavy atom. The highest BCUT2D eigenvalue weighted by Gasteiger charge is 2.61. The van der Waals surface area contributed by atoms with E-state index >= 15 is 0 Å². The summed E-state index contributed by atoms with van der Waals surface area (Å²) >= 11 is 0. The Morgan fingerprint density at radius 2 is 1.92 bits per heavy atom. The van der Waals surface area contributed by atoms with Crippen molar-refractivity contribution in [3.8, 4) is 18.1 Å². The Hall–Kier alpha value is -1.46. The number of benzene rings is 1. The standard InChI is InChI=1S/C22H30O2/c1-5-18-19(16-8-10-17(24-4)11-9-16)12-14-21(6-2)20(18)13-15-22(21,23)7-3/h3,8-11,18-20,23H,5-6,12-15H2,1-2,4H3/t18-,19-,20+,21+,22+/m1/s1. The summed E-state index contributed by atoms with van der Waals surface area (Å²) in [6.45, 7) is 4.50. The molecule has 1 aromatic carbocycles. The Kier molecular flexibility index (Phi) is 4.67. The van der Waals surface area contributed by atoms with E-state index in [2.05, 4.69) is 44.0 Å². The largest absolute Gasteiger partial charge is 0.497 e. The number of hydrogen-bond acceptors (Lipinski definition) is 2. The van der Waals surface area contributed by atoms with E-state index in [1.54, 1.807) is 7.11 Å². The predicted molar refractivity (Wildman–Crippen MR) is 98.0 cm³/mol. The van der Waals surface area contributed by atoms with E-state index in [4.69, 9.17) is 11.2 Å². The van der Waals surface area contributed by atoms with E-state index in [9.17, 15) is 5.11 Å². The zero-order chi connectivity index (χ0) is 17.4. The van der Waals surface area contributed by atoms with Crippen LogP contribution in [0.5, 0.6) is 5.75 Å². The SMILES string of the molecule is C#C[C@]1(O)CC[C@H]2[C@H](CC)[C@@H](c3ccc(OC)cc3)CC[C@@]21CC. The molecule has 2 nitrogen and oxygen atoms in total. The van der Waals surface area contributed by atoms with Crippen LogP contribution in [-0.2, 0) is 0 Å². The highest BCUT2D eigenvalue weighted by molar-refractivity contribution is 5.32. The zero-order valence-corrected chi connectivity index (χ0v) is 15.2. The maximum Gasteiger partial charge on any atom is 0.131 e. The number of terminal acetylenes is 1. The van der Waals surface area contributed by atoms with E-state index in [1.807, 2.05) is 0 Å². The third-order valence-electron chi connectivity index (χ3n) is 7.17. The molecule has 0 aliphatic heterocycles. The van der Waals surface area contributed by atoms with Gasteiger partial charge in [0.15, 0.2) is 0 Å². The van der Waals surface area contributed by atoms with Gasteiger partial charge in [-0.25, -0.2) is 0 Å². The van der Waals surface area contributed by atoms with Crippen molar-refractivity contribution in [2.24, 2.45) is 17.3 Å². The first kappa shape index (κ1) is 17.4. The monoisotopic (exact) mass is 326 g/mol. The van der Waals surface area contributed by atoms with Gasteiger partial charge in [0.2, 0.25) is 0 Å². The lowest BCUT2D eigenvalue weighted by Gasteiger charge is -2.52. The lowest BCUT2D eigenvalue weighted by Crippen LogP contribution is -2.50. The number of rotatable bonds is 4. The van der Waals surface area contributed by atoms with Gasteiger partial charge in [-0.2, -0.15) is 0 Å². The molecule has 3 rings (SSSR count). The summed E-state index contributed by atoms with van der Waals surface area (Å²) in [5.74, 6) is 5.37.